The van der Waals surface area contributed by atoms with Gasteiger partial charge in [-0.3, -0.25) is 4.90 Å². The molecule has 5 rings (SSSR count). The average molecular weight is 502 g/mol. The van der Waals surface area contributed by atoms with Crippen LogP contribution >= 0.6 is 23.2 Å². The van der Waals surface area contributed by atoms with Crippen molar-refractivity contribution < 1.29 is 0 Å². The number of hydrogen-bond acceptors (Lipinski definition) is 5. The fraction of sp³-hybridized carbons (Fsp3) is 0.577. The van der Waals surface area contributed by atoms with Crippen LogP contribution in [0.5, 0.6) is 0 Å². The van der Waals surface area contributed by atoms with E-state index in [0.29, 0.717) is 22.0 Å². The zero-order valence-corrected chi connectivity index (χ0v) is 21.9. The van der Waals surface area contributed by atoms with Gasteiger partial charge >= 0.3 is 0 Å². The van der Waals surface area contributed by atoms with Crippen molar-refractivity contribution in [2.75, 3.05) is 31.1 Å². The highest BCUT2D eigenvalue weighted by Crippen LogP contribution is 2.32. The summed E-state index contributed by atoms with van der Waals surface area (Å²) >= 11 is 12.6. The SMILES string of the molecule is Cc1nn(C(C)c2ccc(Cl)cc2Cl)c2nc(N3CCC(N4CCCCCC4)[C@@H](C)C3)cnc12. The Labute approximate surface area is 212 Å². The van der Waals surface area contributed by atoms with Crippen LogP contribution in [0.4, 0.5) is 5.82 Å². The molecular weight excluding hydrogens is 467 g/mol. The topological polar surface area (TPSA) is 50.1 Å². The van der Waals surface area contributed by atoms with E-state index in [4.69, 9.17) is 38.3 Å². The predicted octanol–water partition coefficient (Wildman–Crippen LogP) is 6.14. The standard InChI is InChI=1S/C26H34Cl2N6/c1-17-16-33(13-10-23(17)32-11-6-4-5-7-12-32)24-15-29-25-18(2)31-34(26(25)30-24)19(3)21-9-8-20(27)14-22(21)28/h8-9,14-15,17,19,23H,4-7,10-13,16H2,1-3H3/t17-,19?,23?/m0/s1. The average Bonchev–Trinajstić information content (AvgIpc) is 2.98. The van der Waals surface area contributed by atoms with Gasteiger partial charge < -0.3 is 4.90 Å². The highest BCUT2D eigenvalue weighted by molar-refractivity contribution is 6.35. The Morgan fingerprint density at radius 3 is 2.53 bits per heavy atom. The molecule has 0 radical (unpaired) electrons. The van der Waals surface area contributed by atoms with Crippen LogP contribution in [0.15, 0.2) is 24.4 Å². The van der Waals surface area contributed by atoms with Crippen LogP contribution in [0.2, 0.25) is 10.0 Å². The van der Waals surface area contributed by atoms with E-state index in [9.17, 15) is 0 Å². The zero-order valence-electron chi connectivity index (χ0n) is 20.3. The van der Waals surface area contributed by atoms with Gasteiger partial charge in [0.15, 0.2) is 5.65 Å². The van der Waals surface area contributed by atoms with E-state index in [-0.39, 0.29) is 6.04 Å². The molecule has 1 aromatic carbocycles. The first-order chi connectivity index (χ1) is 16.4. The molecule has 2 aliphatic heterocycles. The van der Waals surface area contributed by atoms with E-state index in [0.717, 1.165) is 41.3 Å². The first-order valence-electron chi connectivity index (χ1n) is 12.6. The molecule has 0 bridgehead atoms. The molecule has 3 atom stereocenters. The van der Waals surface area contributed by atoms with Crippen molar-refractivity contribution >= 4 is 40.2 Å². The highest BCUT2D eigenvalue weighted by atomic mass is 35.5. The quantitative estimate of drug-likeness (QED) is 0.430. The van der Waals surface area contributed by atoms with Gasteiger partial charge in [0.1, 0.15) is 11.3 Å². The smallest absolute Gasteiger partial charge is 0.179 e. The number of nitrogens with zero attached hydrogens (tertiary/aromatic N) is 6. The number of piperidine rings is 1. The molecular formula is C26H34Cl2N6. The number of anilines is 1. The second-order valence-corrected chi connectivity index (χ2v) is 10.8. The lowest BCUT2D eigenvalue weighted by molar-refractivity contribution is 0.132. The minimum Gasteiger partial charge on any atom is -0.355 e. The van der Waals surface area contributed by atoms with Gasteiger partial charge in [-0.1, -0.05) is 49.0 Å². The summed E-state index contributed by atoms with van der Waals surface area (Å²) in [5.74, 6) is 1.53. The molecule has 8 heteroatoms. The second-order valence-electron chi connectivity index (χ2n) is 10.0. The lowest BCUT2D eigenvalue weighted by atomic mass is 9.92. The maximum atomic E-state index is 6.52. The van der Waals surface area contributed by atoms with Crippen LogP contribution in [0.25, 0.3) is 11.2 Å². The Morgan fingerprint density at radius 2 is 1.82 bits per heavy atom. The minimum atomic E-state index is -0.0850. The third-order valence-corrected chi connectivity index (χ3v) is 8.19. The summed E-state index contributed by atoms with van der Waals surface area (Å²) in [6, 6.07) is 6.19. The number of halogens is 2. The zero-order chi connectivity index (χ0) is 23.8. The van der Waals surface area contributed by atoms with E-state index in [2.05, 4.69) is 23.6 Å². The molecule has 2 aliphatic rings. The van der Waals surface area contributed by atoms with E-state index in [1.807, 2.05) is 29.9 Å². The van der Waals surface area contributed by atoms with Gasteiger partial charge in [-0.2, -0.15) is 5.10 Å². The van der Waals surface area contributed by atoms with Gasteiger partial charge in [0.05, 0.1) is 17.9 Å². The molecule has 2 saturated heterocycles. The third kappa shape index (κ3) is 4.65. The molecule has 6 nitrogen and oxygen atoms in total. The Hall–Kier alpha value is -1.89. The fourth-order valence-corrected chi connectivity index (χ4v) is 6.31. The fourth-order valence-electron chi connectivity index (χ4n) is 5.75. The number of aryl methyl sites for hydroxylation is 1. The maximum Gasteiger partial charge on any atom is 0.179 e. The molecule has 0 aliphatic carbocycles. The molecule has 2 aromatic heterocycles. The second kappa shape index (κ2) is 10.00. The van der Waals surface area contributed by atoms with E-state index in [1.165, 1.54) is 45.2 Å². The van der Waals surface area contributed by atoms with Crippen molar-refractivity contribution in [3.63, 3.8) is 0 Å². The van der Waals surface area contributed by atoms with Crippen LogP contribution in [-0.2, 0) is 0 Å². The molecule has 0 amide bonds. The summed E-state index contributed by atoms with van der Waals surface area (Å²) in [7, 11) is 0. The van der Waals surface area contributed by atoms with Gasteiger partial charge in [-0.25, -0.2) is 14.6 Å². The molecule has 0 spiro atoms. The van der Waals surface area contributed by atoms with Crippen molar-refractivity contribution in [2.45, 2.75) is 65.0 Å². The summed E-state index contributed by atoms with van der Waals surface area (Å²) < 4.78 is 1.95. The van der Waals surface area contributed by atoms with Gasteiger partial charge in [0, 0.05) is 29.2 Å². The van der Waals surface area contributed by atoms with Crippen molar-refractivity contribution in [2.24, 2.45) is 5.92 Å². The minimum absolute atomic E-state index is 0.0850. The normalized spacial score (nSPS) is 23.3. The van der Waals surface area contributed by atoms with Crippen LogP contribution in [0.1, 0.15) is 63.3 Å². The van der Waals surface area contributed by atoms with Gasteiger partial charge in [0.25, 0.3) is 0 Å². The van der Waals surface area contributed by atoms with Gasteiger partial charge in [0.2, 0.25) is 0 Å². The highest BCUT2D eigenvalue weighted by Gasteiger charge is 2.32. The van der Waals surface area contributed by atoms with E-state index >= 15 is 0 Å². The summed E-state index contributed by atoms with van der Waals surface area (Å²) in [6.45, 7) is 11.0. The number of aromatic nitrogens is 4. The lowest BCUT2D eigenvalue weighted by Crippen LogP contribution is -2.50. The number of fused-ring (bicyclic) bond motifs is 1. The number of hydrogen-bond donors (Lipinski definition) is 0. The van der Waals surface area contributed by atoms with Crippen LogP contribution in [-0.4, -0.2) is 56.9 Å². The number of rotatable bonds is 4. The summed E-state index contributed by atoms with van der Waals surface area (Å²) in [5.41, 5.74) is 3.48. The Balaban J connectivity index is 1.40. The van der Waals surface area contributed by atoms with Crippen LogP contribution in [0.3, 0.4) is 0 Å². The third-order valence-electron chi connectivity index (χ3n) is 7.63. The Bertz CT molecular complexity index is 1150. The largest absolute Gasteiger partial charge is 0.355 e. The summed E-state index contributed by atoms with van der Waals surface area (Å²) in [4.78, 5) is 15.0. The van der Waals surface area contributed by atoms with Gasteiger partial charge in [-0.05, 0) is 69.8 Å². The predicted molar refractivity (Wildman–Crippen MR) is 140 cm³/mol. The first-order valence-corrected chi connectivity index (χ1v) is 13.3. The Morgan fingerprint density at radius 1 is 1.06 bits per heavy atom. The number of benzene rings is 1. The molecule has 4 heterocycles. The molecule has 3 aromatic rings. The summed E-state index contributed by atoms with van der Waals surface area (Å²) in [6.07, 6.45) is 8.54. The van der Waals surface area contributed by atoms with Crippen molar-refractivity contribution in [3.8, 4) is 0 Å². The summed E-state index contributed by atoms with van der Waals surface area (Å²) in [5, 5.41) is 6.05. The molecule has 34 heavy (non-hydrogen) atoms. The molecule has 0 N–H and O–H groups in total. The molecule has 182 valence electrons. The Kier molecular flexibility index (Phi) is 7.01. The molecule has 0 saturated carbocycles. The van der Waals surface area contributed by atoms with Crippen molar-refractivity contribution in [1.82, 2.24) is 24.6 Å². The number of likely N-dealkylation sites (tertiary alicyclic amines) is 1. The van der Waals surface area contributed by atoms with Crippen molar-refractivity contribution in [1.29, 1.82) is 0 Å². The molecule has 2 unspecified atom stereocenters. The monoisotopic (exact) mass is 500 g/mol. The van der Waals surface area contributed by atoms with E-state index < -0.39 is 0 Å². The van der Waals surface area contributed by atoms with Gasteiger partial charge in [-0.15, -0.1) is 0 Å². The van der Waals surface area contributed by atoms with Crippen molar-refractivity contribution in [3.05, 3.63) is 45.7 Å². The lowest BCUT2D eigenvalue weighted by Gasteiger charge is -2.42. The van der Waals surface area contributed by atoms with E-state index in [1.54, 1.807) is 6.07 Å². The van der Waals surface area contributed by atoms with Crippen LogP contribution < -0.4 is 4.90 Å². The van der Waals surface area contributed by atoms with Crippen LogP contribution in [0, 0.1) is 12.8 Å². The molecule has 2 fully saturated rings. The first kappa shape index (κ1) is 23.8. The maximum absolute atomic E-state index is 6.52.